The molecule has 0 bridgehead atoms. The van der Waals surface area contributed by atoms with E-state index in [2.05, 4.69) is 29.7 Å². The van der Waals surface area contributed by atoms with E-state index in [4.69, 9.17) is 5.26 Å². The SMILES string of the molecule is Cc1cccc2c1c(CC#N)cn2C. The molecule has 2 nitrogen and oxygen atoms in total. The first kappa shape index (κ1) is 8.83. The molecule has 0 radical (unpaired) electrons. The fourth-order valence-electron chi connectivity index (χ4n) is 1.95. The van der Waals surface area contributed by atoms with E-state index in [9.17, 15) is 0 Å². The Morgan fingerprint density at radius 1 is 1.43 bits per heavy atom. The van der Waals surface area contributed by atoms with Gasteiger partial charge in [-0.2, -0.15) is 5.26 Å². The van der Waals surface area contributed by atoms with Gasteiger partial charge >= 0.3 is 0 Å². The second kappa shape index (κ2) is 3.19. The Kier molecular flexibility index (Phi) is 2.01. The molecule has 0 atom stereocenters. The second-order valence-electron chi connectivity index (χ2n) is 3.57. The standard InChI is InChI=1S/C12H12N2/c1-9-4-3-5-11-12(9)10(6-7-13)8-14(11)2/h3-5,8H,6H2,1-2H3. The highest BCUT2D eigenvalue weighted by atomic mass is 14.9. The smallest absolute Gasteiger partial charge is 0.0670 e. The number of hydrogen-bond donors (Lipinski definition) is 0. The van der Waals surface area contributed by atoms with Crippen molar-refractivity contribution in [2.24, 2.45) is 7.05 Å². The molecule has 1 heterocycles. The van der Waals surface area contributed by atoms with Gasteiger partial charge in [-0.05, 0) is 24.1 Å². The average Bonchev–Trinajstić information content (AvgIpc) is 2.46. The highest BCUT2D eigenvalue weighted by Crippen LogP contribution is 2.24. The average molecular weight is 184 g/mol. The second-order valence-corrected chi connectivity index (χ2v) is 3.57. The highest BCUT2D eigenvalue weighted by molar-refractivity contribution is 5.87. The Labute approximate surface area is 83.4 Å². The van der Waals surface area contributed by atoms with Crippen molar-refractivity contribution in [3.63, 3.8) is 0 Å². The molecule has 0 amide bonds. The van der Waals surface area contributed by atoms with Gasteiger partial charge in [-0.3, -0.25) is 0 Å². The van der Waals surface area contributed by atoms with Crippen LogP contribution < -0.4 is 0 Å². The lowest BCUT2D eigenvalue weighted by atomic mass is 10.1. The van der Waals surface area contributed by atoms with Crippen LogP contribution >= 0.6 is 0 Å². The molecule has 0 saturated carbocycles. The monoisotopic (exact) mass is 184 g/mol. The van der Waals surface area contributed by atoms with Gasteiger partial charge < -0.3 is 4.57 Å². The lowest BCUT2D eigenvalue weighted by Crippen LogP contribution is -1.83. The minimum atomic E-state index is 0.488. The molecule has 2 heteroatoms. The molecular weight excluding hydrogens is 172 g/mol. The molecule has 0 N–H and O–H groups in total. The van der Waals surface area contributed by atoms with Gasteiger partial charge in [0.1, 0.15) is 0 Å². The third kappa shape index (κ3) is 1.18. The first-order valence-corrected chi connectivity index (χ1v) is 4.64. The molecule has 0 aliphatic carbocycles. The first-order valence-electron chi connectivity index (χ1n) is 4.64. The molecule has 14 heavy (non-hydrogen) atoms. The highest BCUT2D eigenvalue weighted by Gasteiger charge is 2.07. The van der Waals surface area contributed by atoms with Gasteiger partial charge in [-0.1, -0.05) is 12.1 Å². The number of rotatable bonds is 1. The van der Waals surface area contributed by atoms with Crippen LogP contribution in [0.3, 0.4) is 0 Å². The molecule has 1 aromatic carbocycles. The number of fused-ring (bicyclic) bond motifs is 1. The number of aryl methyl sites for hydroxylation is 2. The van der Waals surface area contributed by atoms with E-state index in [1.54, 1.807) is 0 Å². The first-order chi connectivity index (χ1) is 6.74. The van der Waals surface area contributed by atoms with Crippen molar-refractivity contribution in [1.82, 2.24) is 4.57 Å². The summed E-state index contributed by atoms with van der Waals surface area (Å²) in [7, 11) is 2.02. The molecule has 0 spiro atoms. The summed E-state index contributed by atoms with van der Waals surface area (Å²) in [5, 5.41) is 9.95. The minimum absolute atomic E-state index is 0.488. The lowest BCUT2D eigenvalue weighted by molar-refractivity contribution is 0.960. The molecule has 0 aliphatic heterocycles. The van der Waals surface area contributed by atoms with E-state index < -0.39 is 0 Å². The minimum Gasteiger partial charge on any atom is -0.350 e. The molecule has 0 aliphatic rings. The van der Waals surface area contributed by atoms with Crippen molar-refractivity contribution in [2.75, 3.05) is 0 Å². The Morgan fingerprint density at radius 3 is 2.93 bits per heavy atom. The van der Waals surface area contributed by atoms with Crippen LogP contribution in [0.15, 0.2) is 24.4 Å². The zero-order chi connectivity index (χ0) is 10.1. The summed E-state index contributed by atoms with van der Waals surface area (Å²) in [5.41, 5.74) is 3.58. The van der Waals surface area contributed by atoms with Crippen molar-refractivity contribution in [3.8, 4) is 6.07 Å². The summed E-state index contributed by atoms with van der Waals surface area (Å²) in [6, 6.07) is 8.43. The van der Waals surface area contributed by atoms with Crippen LogP contribution in [-0.2, 0) is 13.5 Å². The van der Waals surface area contributed by atoms with E-state index in [0.717, 1.165) is 5.56 Å². The number of nitriles is 1. The fraction of sp³-hybridized carbons (Fsp3) is 0.250. The Bertz CT molecular complexity index is 515. The van der Waals surface area contributed by atoms with E-state index in [1.807, 2.05) is 19.3 Å². The van der Waals surface area contributed by atoms with Crippen LogP contribution in [0.4, 0.5) is 0 Å². The van der Waals surface area contributed by atoms with Crippen LogP contribution in [0.5, 0.6) is 0 Å². The van der Waals surface area contributed by atoms with Gasteiger partial charge in [0, 0.05) is 24.1 Å². The molecule has 0 unspecified atom stereocenters. The maximum absolute atomic E-state index is 8.72. The molecule has 1 aromatic heterocycles. The van der Waals surface area contributed by atoms with E-state index in [-0.39, 0.29) is 0 Å². The molecule has 0 saturated heterocycles. The summed E-state index contributed by atoms with van der Waals surface area (Å²) in [6.45, 7) is 2.09. The number of nitrogens with zero attached hydrogens (tertiary/aromatic N) is 2. The molecule has 70 valence electrons. The topological polar surface area (TPSA) is 28.7 Å². The summed E-state index contributed by atoms with van der Waals surface area (Å²) < 4.78 is 2.08. The molecular formula is C12H12N2. The van der Waals surface area contributed by atoms with Crippen molar-refractivity contribution >= 4 is 10.9 Å². The Balaban J connectivity index is 2.80. The predicted octanol–water partition coefficient (Wildman–Crippen LogP) is 2.55. The van der Waals surface area contributed by atoms with Crippen LogP contribution in [0.2, 0.25) is 0 Å². The number of aromatic nitrogens is 1. The van der Waals surface area contributed by atoms with Crippen LogP contribution in [0.25, 0.3) is 10.9 Å². The Hall–Kier alpha value is -1.75. The predicted molar refractivity (Wildman–Crippen MR) is 57.0 cm³/mol. The van der Waals surface area contributed by atoms with Crippen molar-refractivity contribution in [2.45, 2.75) is 13.3 Å². The van der Waals surface area contributed by atoms with Crippen LogP contribution in [-0.4, -0.2) is 4.57 Å². The third-order valence-electron chi connectivity index (χ3n) is 2.57. The molecule has 0 fully saturated rings. The van der Waals surface area contributed by atoms with Crippen LogP contribution in [0.1, 0.15) is 11.1 Å². The zero-order valence-electron chi connectivity index (χ0n) is 8.41. The van der Waals surface area contributed by atoms with Crippen molar-refractivity contribution in [3.05, 3.63) is 35.5 Å². The zero-order valence-corrected chi connectivity index (χ0v) is 8.41. The fourth-order valence-corrected chi connectivity index (χ4v) is 1.95. The normalized spacial score (nSPS) is 10.4. The van der Waals surface area contributed by atoms with Gasteiger partial charge in [0.2, 0.25) is 0 Å². The van der Waals surface area contributed by atoms with Crippen molar-refractivity contribution < 1.29 is 0 Å². The molecule has 2 aromatic rings. The van der Waals surface area contributed by atoms with E-state index in [1.165, 1.54) is 16.5 Å². The van der Waals surface area contributed by atoms with Gasteiger partial charge in [-0.25, -0.2) is 0 Å². The maximum Gasteiger partial charge on any atom is 0.0670 e. The van der Waals surface area contributed by atoms with Gasteiger partial charge in [-0.15, -0.1) is 0 Å². The summed E-state index contributed by atoms with van der Waals surface area (Å²) in [5.74, 6) is 0. The third-order valence-corrected chi connectivity index (χ3v) is 2.57. The van der Waals surface area contributed by atoms with Crippen LogP contribution in [0, 0.1) is 18.3 Å². The number of hydrogen-bond acceptors (Lipinski definition) is 1. The summed E-state index contributed by atoms with van der Waals surface area (Å²) in [6.07, 6.45) is 2.53. The van der Waals surface area contributed by atoms with E-state index >= 15 is 0 Å². The number of benzene rings is 1. The largest absolute Gasteiger partial charge is 0.350 e. The summed E-state index contributed by atoms with van der Waals surface area (Å²) >= 11 is 0. The van der Waals surface area contributed by atoms with Gasteiger partial charge in [0.05, 0.1) is 12.5 Å². The van der Waals surface area contributed by atoms with Gasteiger partial charge in [0.25, 0.3) is 0 Å². The van der Waals surface area contributed by atoms with Crippen molar-refractivity contribution in [1.29, 1.82) is 5.26 Å². The van der Waals surface area contributed by atoms with E-state index in [0.29, 0.717) is 6.42 Å². The molecule has 2 rings (SSSR count). The van der Waals surface area contributed by atoms with Gasteiger partial charge in [0.15, 0.2) is 0 Å². The Morgan fingerprint density at radius 2 is 2.21 bits per heavy atom. The lowest BCUT2D eigenvalue weighted by Gasteiger charge is -1.98. The maximum atomic E-state index is 8.72. The quantitative estimate of drug-likeness (QED) is 0.669. The summed E-state index contributed by atoms with van der Waals surface area (Å²) in [4.78, 5) is 0.